The predicted molar refractivity (Wildman–Crippen MR) is 86.0 cm³/mol. The summed E-state index contributed by atoms with van der Waals surface area (Å²) in [5.41, 5.74) is 0.413. The zero-order valence-corrected chi connectivity index (χ0v) is 13.7. The van der Waals surface area contributed by atoms with Gasteiger partial charge in [-0.3, -0.25) is 4.99 Å². The van der Waals surface area contributed by atoms with Crippen LogP contribution in [0.2, 0.25) is 0 Å². The summed E-state index contributed by atoms with van der Waals surface area (Å²) < 4.78 is 0. The van der Waals surface area contributed by atoms with Crippen molar-refractivity contribution in [3.8, 4) is 0 Å². The SMILES string of the molecule is CN1CCC(CNC2=NCC(CC(C)(C)C)S2)CC1. The fourth-order valence-corrected chi connectivity index (χ4v) is 4.17. The largest absolute Gasteiger partial charge is 0.365 e. The van der Waals surface area contributed by atoms with Crippen LogP contribution in [0.5, 0.6) is 0 Å². The van der Waals surface area contributed by atoms with Gasteiger partial charge >= 0.3 is 0 Å². The molecule has 1 unspecified atom stereocenters. The highest BCUT2D eigenvalue weighted by Crippen LogP contribution is 2.31. The Morgan fingerprint density at radius 3 is 2.63 bits per heavy atom. The normalized spacial score (nSPS) is 26.5. The van der Waals surface area contributed by atoms with Gasteiger partial charge in [0.25, 0.3) is 0 Å². The Bertz CT molecular complexity index is 314. The van der Waals surface area contributed by atoms with Crippen LogP contribution in [0, 0.1) is 11.3 Å². The number of piperidine rings is 1. The van der Waals surface area contributed by atoms with Crippen molar-refractivity contribution in [1.82, 2.24) is 10.2 Å². The van der Waals surface area contributed by atoms with Crippen LogP contribution in [-0.4, -0.2) is 48.5 Å². The summed E-state index contributed by atoms with van der Waals surface area (Å²) in [7, 11) is 2.22. The molecule has 2 aliphatic heterocycles. The molecule has 4 heteroatoms. The van der Waals surface area contributed by atoms with Crippen LogP contribution in [0.15, 0.2) is 4.99 Å². The molecule has 0 aromatic heterocycles. The summed E-state index contributed by atoms with van der Waals surface area (Å²) >= 11 is 1.96. The minimum absolute atomic E-state index is 0.413. The van der Waals surface area contributed by atoms with Crippen molar-refractivity contribution < 1.29 is 0 Å². The number of rotatable bonds is 3. The number of nitrogens with zero attached hydrogens (tertiary/aromatic N) is 2. The molecule has 1 N–H and O–H groups in total. The van der Waals surface area contributed by atoms with E-state index in [1.54, 1.807) is 0 Å². The van der Waals surface area contributed by atoms with Crippen LogP contribution >= 0.6 is 11.8 Å². The molecule has 2 aliphatic rings. The van der Waals surface area contributed by atoms with Crippen molar-refractivity contribution in [2.75, 3.05) is 33.2 Å². The number of amidine groups is 1. The molecule has 0 amide bonds. The Kier molecular flexibility index (Phi) is 5.18. The number of hydrogen-bond donors (Lipinski definition) is 1. The summed E-state index contributed by atoms with van der Waals surface area (Å²) in [6.45, 7) is 11.6. The van der Waals surface area contributed by atoms with Crippen molar-refractivity contribution in [2.24, 2.45) is 16.3 Å². The van der Waals surface area contributed by atoms with Gasteiger partial charge in [0, 0.05) is 11.8 Å². The van der Waals surface area contributed by atoms with Gasteiger partial charge in [-0.05, 0) is 50.7 Å². The minimum Gasteiger partial charge on any atom is -0.365 e. The lowest BCUT2D eigenvalue weighted by Gasteiger charge is -2.29. The molecule has 0 spiro atoms. The lowest BCUT2D eigenvalue weighted by molar-refractivity contribution is 0.220. The van der Waals surface area contributed by atoms with Crippen LogP contribution in [0.25, 0.3) is 0 Å². The van der Waals surface area contributed by atoms with Gasteiger partial charge in [0.05, 0.1) is 6.54 Å². The molecular weight excluding hydrogens is 254 g/mol. The molecule has 0 radical (unpaired) electrons. The molecule has 0 aromatic rings. The first kappa shape index (κ1) is 15.2. The van der Waals surface area contributed by atoms with Crippen molar-refractivity contribution in [1.29, 1.82) is 0 Å². The van der Waals surface area contributed by atoms with Gasteiger partial charge in [-0.25, -0.2) is 0 Å². The first-order valence-corrected chi connectivity index (χ1v) is 8.44. The summed E-state index contributed by atoms with van der Waals surface area (Å²) in [6.07, 6.45) is 3.90. The van der Waals surface area contributed by atoms with E-state index in [0.29, 0.717) is 10.7 Å². The molecule has 0 aromatic carbocycles. The van der Waals surface area contributed by atoms with Crippen LogP contribution in [0.4, 0.5) is 0 Å². The average Bonchev–Trinajstić information content (AvgIpc) is 2.73. The zero-order valence-electron chi connectivity index (χ0n) is 12.9. The fourth-order valence-electron chi connectivity index (χ4n) is 2.80. The van der Waals surface area contributed by atoms with Gasteiger partial charge in [0.2, 0.25) is 0 Å². The third-order valence-corrected chi connectivity index (χ3v) is 5.08. The summed E-state index contributed by atoms with van der Waals surface area (Å²) in [5, 5.41) is 5.44. The van der Waals surface area contributed by atoms with E-state index in [0.717, 1.165) is 19.0 Å². The molecule has 0 bridgehead atoms. The highest BCUT2D eigenvalue weighted by molar-refractivity contribution is 8.14. The predicted octanol–water partition coefficient (Wildman–Crippen LogP) is 2.83. The minimum atomic E-state index is 0.413. The van der Waals surface area contributed by atoms with Crippen molar-refractivity contribution >= 4 is 16.9 Å². The highest BCUT2D eigenvalue weighted by Gasteiger charge is 2.25. The molecule has 1 fully saturated rings. The van der Waals surface area contributed by atoms with Crippen molar-refractivity contribution in [3.05, 3.63) is 0 Å². The second-order valence-corrected chi connectivity index (χ2v) is 8.57. The van der Waals surface area contributed by atoms with E-state index < -0.39 is 0 Å². The number of thioether (sulfide) groups is 1. The topological polar surface area (TPSA) is 27.6 Å². The highest BCUT2D eigenvalue weighted by atomic mass is 32.2. The van der Waals surface area contributed by atoms with Gasteiger partial charge < -0.3 is 10.2 Å². The van der Waals surface area contributed by atoms with E-state index in [1.807, 2.05) is 11.8 Å². The number of aliphatic imine (C=N–C) groups is 1. The standard InChI is InChI=1S/C15H29N3S/c1-15(2,3)9-13-11-17-14(19-13)16-10-12-5-7-18(4)8-6-12/h12-13H,5-11H2,1-4H3,(H,16,17). The first-order chi connectivity index (χ1) is 8.92. The maximum absolute atomic E-state index is 4.66. The second kappa shape index (κ2) is 6.49. The summed E-state index contributed by atoms with van der Waals surface area (Å²) in [4.78, 5) is 7.09. The molecule has 1 atom stereocenters. The fraction of sp³-hybridized carbons (Fsp3) is 0.933. The zero-order chi connectivity index (χ0) is 13.9. The lowest BCUT2D eigenvalue weighted by Crippen LogP contribution is -2.36. The van der Waals surface area contributed by atoms with Crippen molar-refractivity contribution in [2.45, 2.75) is 45.3 Å². The van der Waals surface area contributed by atoms with Crippen molar-refractivity contribution in [3.63, 3.8) is 0 Å². The number of nitrogens with one attached hydrogen (secondary N) is 1. The molecule has 0 aliphatic carbocycles. The molecular formula is C15H29N3S. The number of likely N-dealkylation sites (tertiary alicyclic amines) is 1. The average molecular weight is 283 g/mol. The first-order valence-electron chi connectivity index (χ1n) is 7.56. The van der Waals surface area contributed by atoms with Crippen LogP contribution in [-0.2, 0) is 0 Å². The maximum Gasteiger partial charge on any atom is 0.156 e. The molecule has 0 saturated carbocycles. The molecule has 2 heterocycles. The Labute approximate surface area is 122 Å². The third-order valence-electron chi connectivity index (χ3n) is 3.94. The Morgan fingerprint density at radius 1 is 1.32 bits per heavy atom. The summed E-state index contributed by atoms with van der Waals surface area (Å²) in [6, 6.07) is 0. The van der Waals surface area contributed by atoms with E-state index in [1.165, 1.54) is 37.5 Å². The molecule has 3 nitrogen and oxygen atoms in total. The Balaban J connectivity index is 1.65. The maximum atomic E-state index is 4.66. The van der Waals surface area contributed by atoms with E-state index >= 15 is 0 Å². The van der Waals surface area contributed by atoms with Gasteiger partial charge in [-0.1, -0.05) is 32.5 Å². The van der Waals surface area contributed by atoms with Gasteiger partial charge in [-0.15, -0.1) is 0 Å². The van der Waals surface area contributed by atoms with E-state index in [4.69, 9.17) is 0 Å². The number of hydrogen-bond acceptors (Lipinski definition) is 4. The van der Waals surface area contributed by atoms with Crippen LogP contribution in [0.3, 0.4) is 0 Å². The summed E-state index contributed by atoms with van der Waals surface area (Å²) in [5.74, 6) is 0.834. The van der Waals surface area contributed by atoms with E-state index in [9.17, 15) is 0 Å². The van der Waals surface area contributed by atoms with E-state index in [-0.39, 0.29) is 0 Å². The second-order valence-electron chi connectivity index (χ2n) is 7.28. The van der Waals surface area contributed by atoms with Crippen LogP contribution < -0.4 is 5.32 Å². The smallest absolute Gasteiger partial charge is 0.156 e. The van der Waals surface area contributed by atoms with E-state index in [2.05, 4.69) is 43.0 Å². The Hall–Kier alpha value is -0.220. The van der Waals surface area contributed by atoms with Crippen LogP contribution in [0.1, 0.15) is 40.0 Å². The molecule has 110 valence electrons. The molecule has 2 rings (SSSR count). The molecule has 19 heavy (non-hydrogen) atoms. The quantitative estimate of drug-likeness (QED) is 0.863. The Morgan fingerprint density at radius 2 is 2.00 bits per heavy atom. The van der Waals surface area contributed by atoms with Gasteiger partial charge in [-0.2, -0.15) is 0 Å². The third kappa shape index (κ3) is 5.35. The van der Waals surface area contributed by atoms with Gasteiger partial charge in [0.15, 0.2) is 5.17 Å². The monoisotopic (exact) mass is 283 g/mol. The van der Waals surface area contributed by atoms with Gasteiger partial charge in [0.1, 0.15) is 0 Å². The lowest BCUT2D eigenvalue weighted by atomic mass is 9.90. The molecule has 1 saturated heterocycles.